The normalized spacial score (nSPS) is 12.3. The van der Waals surface area contributed by atoms with Crippen LogP contribution < -0.4 is 15.4 Å². The Balaban J connectivity index is 0.000000942. The minimum absolute atomic E-state index is 0.0739. The van der Waals surface area contributed by atoms with E-state index in [1.807, 2.05) is 23.8 Å². The largest absolute Gasteiger partial charge is 0.481 e. The van der Waals surface area contributed by atoms with Crippen molar-refractivity contribution in [2.75, 3.05) is 18.8 Å². The fraction of sp³-hybridized carbons (Fsp3) is 0.364. The zero-order chi connectivity index (χ0) is 34.1. The van der Waals surface area contributed by atoms with E-state index in [4.69, 9.17) is 5.11 Å². The van der Waals surface area contributed by atoms with Gasteiger partial charge in [-0.2, -0.15) is 12.6 Å². The third-order valence-corrected chi connectivity index (χ3v) is 8.59. The Morgan fingerprint density at radius 3 is 2.17 bits per heavy atom. The highest BCUT2D eigenvalue weighted by molar-refractivity contribution is 7.90. The van der Waals surface area contributed by atoms with E-state index < -0.39 is 33.9 Å². The van der Waals surface area contributed by atoms with Crippen LogP contribution in [0.1, 0.15) is 44.2 Å². The number of aliphatic hydroxyl groups is 1. The number of thiol groups is 1. The third-order valence-electron chi connectivity index (χ3n) is 6.75. The van der Waals surface area contributed by atoms with E-state index >= 15 is 0 Å². The monoisotopic (exact) mass is 675 g/mol. The summed E-state index contributed by atoms with van der Waals surface area (Å²) in [6.45, 7) is 4.58. The van der Waals surface area contributed by atoms with Crippen LogP contribution in [0.25, 0.3) is 11.1 Å². The van der Waals surface area contributed by atoms with Gasteiger partial charge in [0.2, 0.25) is 5.91 Å². The first-order chi connectivity index (χ1) is 21.9. The van der Waals surface area contributed by atoms with Crippen molar-refractivity contribution in [3.8, 4) is 11.1 Å². The SMILES string of the molecule is CCCCC(=O)O.C[C@H](O)C(=O)NS(=O)(=O)c1ccccc1-c1ccc(CNCCNC(=O)[C@@H](CS)Cc2ccccc2F)cc1. The zero-order valence-corrected chi connectivity index (χ0v) is 27.6. The van der Waals surface area contributed by atoms with Crippen LogP contribution in [0.15, 0.2) is 77.7 Å². The maximum absolute atomic E-state index is 13.9. The fourth-order valence-electron chi connectivity index (χ4n) is 4.16. The summed E-state index contributed by atoms with van der Waals surface area (Å²) < 4.78 is 41.2. The number of carbonyl (C=O) groups excluding carboxylic acids is 2. The van der Waals surface area contributed by atoms with E-state index in [9.17, 15) is 32.3 Å². The molecule has 46 heavy (non-hydrogen) atoms. The molecule has 13 heteroatoms. The van der Waals surface area contributed by atoms with Crippen LogP contribution in [0.2, 0.25) is 0 Å². The number of nitrogens with one attached hydrogen (secondary N) is 3. The van der Waals surface area contributed by atoms with Crippen LogP contribution in [0.4, 0.5) is 4.39 Å². The van der Waals surface area contributed by atoms with Gasteiger partial charge in [0, 0.05) is 37.4 Å². The number of aliphatic hydroxyl groups excluding tert-OH is 1. The summed E-state index contributed by atoms with van der Waals surface area (Å²) in [5.41, 5.74) is 2.49. The molecule has 0 aliphatic heterocycles. The van der Waals surface area contributed by atoms with Gasteiger partial charge in [0.25, 0.3) is 15.9 Å². The lowest BCUT2D eigenvalue weighted by Crippen LogP contribution is -2.37. The van der Waals surface area contributed by atoms with Crippen LogP contribution in [0.3, 0.4) is 0 Å². The molecule has 0 aromatic heterocycles. The molecule has 0 radical (unpaired) electrons. The topological polar surface area (TPSA) is 162 Å². The molecule has 0 aliphatic carbocycles. The number of amides is 2. The van der Waals surface area contributed by atoms with Crippen LogP contribution in [0, 0.1) is 11.7 Å². The second kappa shape index (κ2) is 19.7. The summed E-state index contributed by atoms with van der Waals surface area (Å²) in [6.07, 6.45) is 0.896. The van der Waals surface area contributed by atoms with E-state index in [-0.39, 0.29) is 23.0 Å². The molecule has 10 nitrogen and oxygen atoms in total. The van der Waals surface area contributed by atoms with Gasteiger partial charge in [0.05, 0.1) is 10.8 Å². The number of benzene rings is 3. The van der Waals surface area contributed by atoms with Crippen molar-refractivity contribution < 1.29 is 37.4 Å². The number of rotatable bonds is 16. The Morgan fingerprint density at radius 1 is 0.935 bits per heavy atom. The average Bonchev–Trinajstić information content (AvgIpc) is 3.03. The number of hydrogen-bond donors (Lipinski definition) is 6. The van der Waals surface area contributed by atoms with Crippen molar-refractivity contribution in [2.24, 2.45) is 5.92 Å². The molecule has 3 aromatic carbocycles. The minimum atomic E-state index is -4.18. The van der Waals surface area contributed by atoms with Crippen LogP contribution in [-0.2, 0) is 37.4 Å². The molecular weight excluding hydrogens is 634 g/mol. The standard InChI is InChI=1S/C28H32FN3O5S2.C5H10O2/c1-19(33)27(34)32-39(36,37)26-9-5-3-7-24(26)21-12-10-20(11-13-21)17-30-14-15-31-28(35)23(18-38)16-22-6-2-4-8-25(22)29;1-2-3-4-5(6)7/h2-13,19,23,30,33,38H,14-18H2,1H3,(H,31,35)(H,32,34);2-4H2,1H3,(H,6,7)/t19-,23+;/m0./s1. The number of carboxylic acids is 1. The molecule has 2 atom stereocenters. The molecule has 0 bridgehead atoms. The van der Waals surface area contributed by atoms with Crippen LogP contribution in [-0.4, -0.2) is 61.4 Å². The quantitative estimate of drug-likeness (QED) is 0.0984. The molecule has 0 saturated heterocycles. The summed E-state index contributed by atoms with van der Waals surface area (Å²) in [5.74, 6) is -2.35. The van der Waals surface area contributed by atoms with Gasteiger partial charge in [-0.3, -0.25) is 14.4 Å². The first-order valence-electron chi connectivity index (χ1n) is 14.9. The van der Waals surface area contributed by atoms with Crippen LogP contribution >= 0.6 is 12.6 Å². The lowest BCUT2D eigenvalue weighted by Gasteiger charge is -2.15. The van der Waals surface area contributed by atoms with Gasteiger partial charge in [0.15, 0.2) is 0 Å². The summed E-state index contributed by atoms with van der Waals surface area (Å²) in [5, 5.41) is 23.5. The van der Waals surface area contributed by atoms with Crippen molar-refractivity contribution in [3.63, 3.8) is 0 Å². The highest BCUT2D eigenvalue weighted by atomic mass is 32.2. The van der Waals surface area contributed by atoms with Crippen molar-refractivity contribution in [3.05, 3.63) is 89.7 Å². The molecule has 2 amide bonds. The number of hydrogen-bond acceptors (Lipinski definition) is 8. The lowest BCUT2D eigenvalue weighted by molar-refractivity contribution is -0.137. The number of aliphatic carboxylic acids is 1. The molecule has 0 spiro atoms. The molecule has 0 fully saturated rings. The van der Waals surface area contributed by atoms with Gasteiger partial charge in [-0.05, 0) is 48.6 Å². The van der Waals surface area contributed by atoms with Gasteiger partial charge < -0.3 is 20.8 Å². The van der Waals surface area contributed by atoms with Crippen LogP contribution in [0.5, 0.6) is 0 Å². The summed E-state index contributed by atoms with van der Waals surface area (Å²) in [6, 6.07) is 19.9. The number of carbonyl (C=O) groups is 3. The van der Waals surface area contributed by atoms with Crippen molar-refractivity contribution in [1.82, 2.24) is 15.4 Å². The summed E-state index contributed by atoms with van der Waals surface area (Å²) in [4.78, 5) is 33.9. The zero-order valence-electron chi connectivity index (χ0n) is 25.9. The highest BCUT2D eigenvalue weighted by Gasteiger charge is 2.23. The van der Waals surface area contributed by atoms with Gasteiger partial charge in [-0.1, -0.05) is 74.0 Å². The van der Waals surface area contributed by atoms with Crippen molar-refractivity contribution in [2.45, 2.75) is 57.1 Å². The first kappa shape index (κ1) is 38.4. The average molecular weight is 676 g/mol. The number of carboxylic acid groups (broad SMARTS) is 1. The molecule has 3 rings (SSSR count). The Kier molecular flexibility index (Phi) is 16.4. The van der Waals surface area contributed by atoms with E-state index in [0.717, 1.165) is 18.4 Å². The second-order valence-electron chi connectivity index (χ2n) is 10.5. The number of sulfonamides is 1. The van der Waals surface area contributed by atoms with E-state index in [2.05, 4.69) is 23.3 Å². The van der Waals surface area contributed by atoms with Crippen molar-refractivity contribution >= 4 is 40.4 Å². The maximum atomic E-state index is 13.9. The second-order valence-corrected chi connectivity index (χ2v) is 12.5. The number of halogens is 1. The lowest BCUT2D eigenvalue weighted by atomic mass is 10.00. The third kappa shape index (κ3) is 12.9. The highest BCUT2D eigenvalue weighted by Crippen LogP contribution is 2.27. The van der Waals surface area contributed by atoms with Gasteiger partial charge in [0.1, 0.15) is 11.9 Å². The maximum Gasteiger partial charge on any atom is 0.303 e. The Morgan fingerprint density at radius 2 is 1.59 bits per heavy atom. The smallest absolute Gasteiger partial charge is 0.303 e. The Hall–Kier alpha value is -3.78. The first-order valence-corrected chi connectivity index (χ1v) is 17.0. The molecule has 0 unspecified atom stereocenters. The summed E-state index contributed by atoms with van der Waals surface area (Å²) in [7, 11) is -4.18. The molecule has 0 heterocycles. The molecular formula is C33H42FN3O7S2. The van der Waals surface area contributed by atoms with E-state index in [1.165, 1.54) is 19.1 Å². The molecule has 0 aliphatic rings. The van der Waals surface area contributed by atoms with Crippen molar-refractivity contribution in [1.29, 1.82) is 0 Å². The Labute approximate surface area is 275 Å². The minimum Gasteiger partial charge on any atom is -0.481 e. The Bertz CT molecular complexity index is 1530. The van der Waals surface area contributed by atoms with E-state index in [1.54, 1.807) is 48.5 Å². The fourth-order valence-corrected chi connectivity index (χ4v) is 5.74. The molecule has 5 N–H and O–H groups in total. The van der Waals surface area contributed by atoms with E-state index in [0.29, 0.717) is 48.5 Å². The number of unbranched alkanes of at least 4 members (excludes halogenated alkanes) is 1. The predicted molar refractivity (Wildman–Crippen MR) is 178 cm³/mol. The molecule has 0 saturated carbocycles. The molecule has 3 aromatic rings. The predicted octanol–water partition coefficient (Wildman–Crippen LogP) is 3.93. The summed E-state index contributed by atoms with van der Waals surface area (Å²) >= 11 is 4.25. The molecule has 250 valence electrons. The van der Waals surface area contributed by atoms with Gasteiger partial charge >= 0.3 is 5.97 Å². The van der Waals surface area contributed by atoms with Gasteiger partial charge in [-0.15, -0.1) is 0 Å². The van der Waals surface area contributed by atoms with Gasteiger partial charge in [-0.25, -0.2) is 17.5 Å².